The van der Waals surface area contributed by atoms with Gasteiger partial charge in [-0.1, -0.05) is 18.5 Å². The Morgan fingerprint density at radius 3 is 2.57 bits per heavy atom. The molecule has 1 heterocycles. The van der Waals surface area contributed by atoms with Crippen LogP contribution in [0.2, 0.25) is 5.02 Å². The van der Waals surface area contributed by atoms with Crippen molar-refractivity contribution in [2.45, 2.75) is 19.8 Å². The molecule has 0 saturated carbocycles. The zero-order chi connectivity index (χ0) is 16.6. The van der Waals surface area contributed by atoms with E-state index in [0.717, 1.165) is 23.3 Å². The summed E-state index contributed by atoms with van der Waals surface area (Å²) in [6, 6.07) is 6.36. The van der Waals surface area contributed by atoms with Crippen molar-refractivity contribution in [2.24, 2.45) is 11.7 Å². The summed E-state index contributed by atoms with van der Waals surface area (Å²) in [5, 5.41) is 6.55. The Morgan fingerprint density at radius 1 is 1.22 bits per heavy atom. The van der Waals surface area contributed by atoms with E-state index in [9.17, 15) is 9.59 Å². The van der Waals surface area contributed by atoms with Gasteiger partial charge < -0.3 is 11.1 Å². The molecule has 1 atom stereocenters. The first-order valence-corrected chi connectivity index (χ1v) is 8.41. The Kier molecular flexibility index (Phi) is 4.28. The van der Waals surface area contributed by atoms with Gasteiger partial charge in [0.1, 0.15) is 5.00 Å². The van der Waals surface area contributed by atoms with E-state index in [0.29, 0.717) is 27.2 Å². The van der Waals surface area contributed by atoms with Gasteiger partial charge in [-0.25, -0.2) is 4.79 Å². The number of nitrogens with two attached hydrogens (primary N) is 1. The number of halogens is 1. The van der Waals surface area contributed by atoms with Gasteiger partial charge in [0, 0.05) is 15.6 Å². The molecule has 1 unspecified atom stereocenters. The van der Waals surface area contributed by atoms with Crippen LogP contribution in [-0.2, 0) is 12.8 Å². The third-order valence-electron chi connectivity index (χ3n) is 3.75. The predicted molar refractivity (Wildman–Crippen MR) is 93.5 cm³/mol. The van der Waals surface area contributed by atoms with Crippen LogP contribution in [0.5, 0.6) is 0 Å². The normalized spacial score (nSPS) is 16.0. The molecule has 23 heavy (non-hydrogen) atoms. The van der Waals surface area contributed by atoms with E-state index in [1.54, 1.807) is 24.3 Å². The number of fused-ring (bicyclic) bond motifs is 1. The summed E-state index contributed by atoms with van der Waals surface area (Å²) in [4.78, 5) is 25.0. The van der Waals surface area contributed by atoms with Crippen molar-refractivity contribution in [1.29, 1.82) is 0 Å². The summed E-state index contributed by atoms with van der Waals surface area (Å²) in [6.07, 6.45) is 1.74. The van der Waals surface area contributed by atoms with E-state index >= 15 is 0 Å². The number of carbonyl (C=O) groups excluding carboxylic acids is 2. The molecule has 0 bridgehead atoms. The van der Waals surface area contributed by atoms with Crippen LogP contribution in [0.25, 0.3) is 0 Å². The SMILES string of the molecule is CC1Cc2sc(NC(=O)Nc3ccc(Cl)cc3)c(C(N)=O)c2C1. The summed E-state index contributed by atoms with van der Waals surface area (Å²) in [7, 11) is 0. The number of nitrogens with one attached hydrogen (secondary N) is 2. The molecule has 4 N–H and O–H groups in total. The van der Waals surface area contributed by atoms with Gasteiger partial charge >= 0.3 is 6.03 Å². The standard InChI is InChI=1S/C16H16ClN3O2S/c1-8-6-11-12(7-8)23-15(13(11)14(18)21)20-16(22)19-10-4-2-9(17)3-5-10/h2-5,8H,6-7H2,1H3,(H2,18,21)(H2,19,20,22). The highest BCUT2D eigenvalue weighted by molar-refractivity contribution is 7.17. The van der Waals surface area contributed by atoms with Gasteiger partial charge in [0.05, 0.1) is 5.56 Å². The van der Waals surface area contributed by atoms with E-state index in [1.807, 2.05) is 0 Å². The number of thiophene rings is 1. The quantitative estimate of drug-likeness (QED) is 0.785. The van der Waals surface area contributed by atoms with Gasteiger partial charge in [0.15, 0.2) is 0 Å². The highest BCUT2D eigenvalue weighted by Crippen LogP contribution is 2.40. The largest absolute Gasteiger partial charge is 0.365 e. The van der Waals surface area contributed by atoms with Crippen molar-refractivity contribution in [3.63, 3.8) is 0 Å². The van der Waals surface area contributed by atoms with Crippen molar-refractivity contribution in [3.8, 4) is 0 Å². The van der Waals surface area contributed by atoms with Crippen molar-refractivity contribution >= 4 is 45.6 Å². The van der Waals surface area contributed by atoms with Gasteiger partial charge in [-0.3, -0.25) is 10.1 Å². The maximum absolute atomic E-state index is 12.1. The number of urea groups is 1. The molecule has 2 aromatic rings. The van der Waals surface area contributed by atoms with Crippen molar-refractivity contribution in [2.75, 3.05) is 10.6 Å². The summed E-state index contributed by atoms with van der Waals surface area (Å²) in [5.41, 5.74) is 7.55. The number of rotatable bonds is 3. The molecule has 1 aliphatic carbocycles. The summed E-state index contributed by atoms with van der Waals surface area (Å²) in [5.74, 6) is 0.00434. The molecule has 7 heteroatoms. The lowest BCUT2D eigenvalue weighted by Gasteiger charge is -2.08. The molecule has 1 aromatic heterocycles. The maximum Gasteiger partial charge on any atom is 0.324 e. The van der Waals surface area contributed by atoms with Crippen LogP contribution >= 0.6 is 22.9 Å². The fraction of sp³-hybridized carbons (Fsp3) is 0.250. The van der Waals surface area contributed by atoms with E-state index < -0.39 is 11.9 Å². The minimum absolute atomic E-state index is 0.414. The van der Waals surface area contributed by atoms with Gasteiger partial charge in [-0.15, -0.1) is 11.3 Å². The van der Waals surface area contributed by atoms with Crippen LogP contribution in [0.15, 0.2) is 24.3 Å². The van der Waals surface area contributed by atoms with E-state index in [1.165, 1.54) is 11.3 Å². The fourth-order valence-corrected chi connectivity index (χ4v) is 4.30. The Bertz CT molecular complexity index is 770. The number of benzene rings is 1. The molecule has 120 valence electrons. The summed E-state index contributed by atoms with van der Waals surface area (Å²) < 4.78 is 0. The second kappa shape index (κ2) is 6.22. The monoisotopic (exact) mass is 349 g/mol. The van der Waals surface area contributed by atoms with Gasteiger partial charge in [0.25, 0.3) is 5.91 Å². The lowest BCUT2D eigenvalue weighted by atomic mass is 10.1. The first kappa shape index (κ1) is 15.8. The van der Waals surface area contributed by atoms with Crippen LogP contribution in [0.4, 0.5) is 15.5 Å². The van der Waals surface area contributed by atoms with E-state index in [-0.39, 0.29) is 0 Å². The second-order valence-electron chi connectivity index (χ2n) is 5.67. The first-order valence-electron chi connectivity index (χ1n) is 7.22. The molecule has 0 saturated heterocycles. The zero-order valence-corrected chi connectivity index (χ0v) is 14.1. The second-order valence-corrected chi connectivity index (χ2v) is 7.21. The Morgan fingerprint density at radius 2 is 1.91 bits per heavy atom. The van der Waals surface area contributed by atoms with Crippen molar-refractivity contribution < 1.29 is 9.59 Å². The Hall–Kier alpha value is -2.05. The van der Waals surface area contributed by atoms with Gasteiger partial charge in [-0.2, -0.15) is 0 Å². The van der Waals surface area contributed by atoms with E-state index in [4.69, 9.17) is 17.3 Å². The number of primary amides is 1. The number of hydrogen-bond donors (Lipinski definition) is 3. The first-order chi connectivity index (χ1) is 10.9. The molecule has 5 nitrogen and oxygen atoms in total. The highest BCUT2D eigenvalue weighted by atomic mass is 35.5. The molecular formula is C16H16ClN3O2S. The smallest absolute Gasteiger partial charge is 0.324 e. The number of carbonyl (C=O) groups is 2. The van der Waals surface area contributed by atoms with Crippen LogP contribution < -0.4 is 16.4 Å². The molecule has 0 spiro atoms. The van der Waals surface area contributed by atoms with Crippen LogP contribution in [-0.4, -0.2) is 11.9 Å². The minimum Gasteiger partial charge on any atom is -0.365 e. The Labute approximate surface area is 142 Å². The molecule has 3 rings (SSSR count). The van der Waals surface area contributed by atoms with Gasteiger partial charge in [-0.05, 0) is 48.6 Å². The third kappa shape index (κ3) is 3.33. The van der Waals surface area contributed by atoms with Gasteiger partial charge in [0.2, 0.25) is 0 Å². The van der Waals surface area contributed by atoms with Crippen molar-refractivity contribution in [3.05, 3.63) is 45.3 Å². The average Bonchev–Trinajstić information content (AvgIpc) is 2.96. The topological polar surface area (TPSA) is 84.2 Å². The minimum atomic E-state index is -0.501. The number of hydrogen-bond acceptors (Lipinski definition) is 3. The Balaban J connectivity index is 1.78. The summed E-state index contributed by atoms with van der Waals surface area (Å²) in [6.45, 7) is 2.14. The molecule has 0 aliphatic heterocycles. The average molecular weight is 350 g/mol. The summed E-state index contributed by atoms with van der Waals surface area (Å²) >= 11 is 7.24. The zero-order valence-electron chi connectivity index (χ0n) is 12.5. The third-order valence-corrected chi connectivity index (χ3v) is 5.17. The van der Waals surface area contributed by atoms with Crippen LogP contribution in [0.1, 0.15) is 27.7 Å². The van der Waals surface area contributed by atoms with Crippen molar-refractivity contribution in [1.82, 2.24) is 0 Å². The molecule has 1 aliphatic rings. The molecule has 0 radical (unpaired) electrons. The molecule has 1 aromatic carbocycles. The predicted octanol–water partition coefficient (Wildman–Crippen LogP) is 3.88. The van der Waals surface area contributed by atoms with Crippen LogP contribution in [0, 0.1) is 5.92 Å². The van der Waals surface area contributed by atoms with Crippen LogP contribution in [0.3, 0.4) is 0 Å². The lowest BCUT2D eigenvalue weighted by molar-refractivity contribution is 0.100. The number of amides is 3. The maximum atomic E-state index is 12.1. The molecule has 0 fully saturated rings. The lowest BCUT2D eigenvalue weighted by Crippen LogP contribution is -2.22. The fourth-order valence-electron chi connectivity index (χ4n) is 2.78. The molecule has 3 amide bonds. The highest BCUT2D eigenvalue weighted by Gasteiger charge is 2.29. The molecular weight excluding hydrogens is 334 g/mol. The number of anilines is 2. The van der Waals surface area contributed by atoms with E-state index in [2.05, 4.69) is 17.6 Å².